The maximum atomic E-state index is 12.6. The molecule has 0 bridgehead atoms. The normalized spacial score (nSPS) is 26.1. The minimum absolute atomic E-state index is 0.00250. The van der Waals surface area contributed by atoms with E-state index in [4.69, 9.17) is 0 Å². The van der Waals surface area contributed by atoms with Crippen LogP contribution < -0.4 is 5.32 Å². The van der Waals surface area contributed by atoms with Gasteiger partial charge in [0, 0.05) is 11.6 Å². The molecule has 3 atom stereocenters. The van der Waals surface area contributed by atoms with Gasteiger partial charge in [0.15, 0.2) is 0 Å². The molecule has 0 aromatic rings. The number of nitrogens with zero attached hydrogens (tertiary/aromatic N) is 1. The zero-order chi connectivity index (χ0) is 15.6. The number of likely N-dealkylation sites (tertiary alicyclic amines) is 1. The average Bonchev–Trinajstić information content (AvgIpc) is 2.40. The Labute approximate surface area is 128 Å². The van der Waals surface area contributed by atoms with Crippen molar-refractivity contribution in [1.82, 2.24) is 10.2 Å². The van der Waals surface area contributed by atoms with Crippen molar-refractivity contribution in [1.29, 1.82) is 0 Å². The van der Waals surface area contributed by atoms with E-state index in [2.05, 4.69) is 24.4 Å². The van der Waals surface area contributed by atoms with Crippen molar-refractivity contribution in [3.63, 3.8) is 0 Å². The number of hydrogen-bond donors (Lipinski definition) is 1. The highest BCUT2D eigenvalue weighted by Crippen LogP contribution is 2.38. The number of hydrogen-bond acceptors (Lipinski definition) is 2. The summed E-state index contributed by atoms with van der Waals surface area (Å²) in [6.45, 7) is 8.05. The summed E-state index contributed by atoms with van der Waals surface area (Å²) in [4.78, 5) is 26.8. The van der Waals surface area contributed by atoms with E-state index in [0.717, 1.165) is 32.1 Å². The lowest BCUT2D eigenvalue weighted by Crippen LogP contribution is -2.68. The molecule has 0 aromatic heterocycles. The second-order valence-electron chi connectivity index (χ2n) is 7.26. The van der Waals surface area contributed by atoms with Crippen molar-refractivity contribution in [2.24, 2.45) is 5.92 Å². The predicted octanol–water partition coefficient (Wildman–Crippen LogP) is 2.64. The summed E-state index contributed by atoms with van der Waals surface area (Å²) >= 11 is 0. The summed E-state index contributed by atoms with van der Waals surface area (Å²) in [6, 6.07) is -0.0699. The third kappa shape index (κ3) is 3.47. The van der Waals surface area contributed by atoms with E-state index >= 15 is 0 Å². The highest BCUT2D eigenvalue weighted by Gasteiger charge is 2.51. The Hall–Kier alpha value is -1.32. The van der Waals surface area contributed by atoms with Crippen molar-refractivity contribution in [3.8, 4) is 0 Å². The van der Waals surface area contributed by atoms with Crippen LogP contribution >= 0.6 is 0 Å². The predicted molar refractivity (Wildman–Crippen MR) is 83.7 cm³/mol. The lowest BCUT2D eigenvalue weighted by molar-refractivity contribution is -0.165. The van der Waals surface area contributed by atoms with Crippen molar-refractivity contribution in [2.45, 2.75) is 77.4 Å². The van der Waals surface area contributed by atoms with Gasteiger partial charge in [0.05, 0.1) is 5.92 Å². The smallest absolute Gasteiger partial charge is 0.243 e. The molecule has 1 saturated heterocycles. The standard InChI is InChI=1S/C17H28N2O2/c1-5-6-10-14(15(20)18-17(2,3)4)19-13-11-8-7-9-12(13)16(19)21/h7-8,12-14H,5-6,9-11H2,1-4H3,(H,18,20)/t12-,13+,14?/m1/s1. The monoisotopic (exact) mass is 292 g/mol. The van der Waals surface area contributed by atoms with E-state index in [-0.39, 0.29) is 35.4 Å². The van der Waals surface area contributed by atoms with Gasteiger partial charge in [-0.15, -0.1) is 0 Å². The molecule has 0 radical (unpaired) electrons. The average molecular weight is 292 g/mol. The Balaban J connectivity index is 2.10. The first kappa shape index (κ1) is 16.1. The fraction of sp³-hybridized carbons (Fsp3) is 0.765. The zero-order valence-corrected chi connectivity index (χ0v) is 13.7. The Morgan fingerprint density at radius 3 is 2.67 bits per heavy atom. The number of unbranched alkanes of at least 4 members (excludes halogenated alkanes) is 1. The number of β-lactam (4-membered cyclic amide) rings is 1. The van der Waals surface area contributed by atoms with Crippen molar-refractivity contribution in [2.75, 3.05) is 0 Å². The molecule has 0 saturated carbocycles. The van der Waals surface area contributed by atoms with Gasteiger partial charge in [-0.3, -0.25) is 9.59 Å². The Bertz CT molecular complexity index is 437. The Morgan fingerprint density at radius 2 is 2.05 bits per heavy atom. The first-order valence-electron chi connectivity index (χ1n) is 8.14. The molecule has 2 rings (SSSR count). The molecule has 1 aliphatic heterocycles. The third-order valence-electron chi connectivity index (χ3n) is 4.30. The fourth-order valence-corrected chi connectivity index (χ4v) is 3.28. The minimum Gasteiger partial charge on any atom is -0.350 e. The molecule has 118 valence electrons. The third-order valence-corrected chi connectivity index (χ3v) is 4.30. The molecule has 1 aliphatic carbocycles. The van der Waals surface area contributed by atoms with E-state index < -0.39 is 0 Å². The van der Waals surface area contributed by atoms with Gasteiger partial charge in [-0.25, -0.2) is 0 Å². The molecule has 0 aromatic carbocycles. The molecule has 1 N–H and O–H groups in total. The SMILES string of the molecule is CCCCC(C(=O)NC(C)(C)C)N1C(=O)[C@@H]2CC=CC[C@@H]21. The van der Waals surface area contributed by atoms with Gasteiger partial charge >= 0.3 is 0 Å². The second-order valence-corrected chi connectivity index (χ2v) is 7.26. The van der Waals surface area contributed by atoms with Crippen LogP contribution in [0.15, 0.2) is 12.2 Å². The van der Waals surface area contributed by atoms with Crippen LogP contribution in [0.2, 0.25) is 0 Å². The van der Waals surface area contributed by atoms with E-state index in [9.17, 15) is 9.59 Å². The number of amides is 2. The molecule has 2 aliphatic rings. The molecule has 4 heteroatoms. The number of allylic oxidation sites excluding steroid dienone is 1. The zero-order valence-electron chi connectivity index (χ0n) is 13.7. The number of carbonyl (C=O) groups is 2. The summed E-state index contributed by atoms with van der Waals surface area (Å²) in [7, 11) is 0. The van der Waals surface area contributed by atoms with E-state index in [0.29, 0.717) is 0 Å². The minimum atomic E-state index is -0.301. The number of carbonyl (C=O) groups excluding carboxylic acids is 2. The van der Waals surface area contributed by atoms with E-state index in [1.54, 1.807) is 0 Å². The highest BCUT2D eigenvalue weighted by atomic mass is 16.2. The summed E-state index contributed by atoms with van der Waals surface area (Å²) in [5, 5.41) is 3.04. The van der Waals surface area contributed by atoms with Crippen LogP contribution in [0.5, 0.6) is 0 Å². The summed E-state index contributed by atoms with van der Waals surface area (Å²) < 4.78 is 0. The van der Waals surface area contributed by atoms with Gasteiger partial charge in [0.25, 0.3) is 0 Å². The highest BCUT2D eigenvalue weighted by molar-refractivity contribution is 5.93. The van der Waals surface area contributed by atoms with Crippen LogP contribution in [0.3, 0.4) is 0 Å². The van der Waals surface area contributed by atoms with Gasteiger partial charge in [0.2, 0.25) is 11.8 Å². The maximum absolute atomic E-state index is 12.6. The van der Waals surface area contributed by atoms with Gasteiger partial charge in [0.1, 0.15) is 6.04 Å². The van der Waals surface area contributed by atoms with Crippen LogP contribution in [0.25, 0.3) is 0 Å². The topological polar surface area (TPSA) is 49.4 Å². The number of nitrogens with one attached hydrogen (secondary N) is 1. The lowest BCUT2D eigenvalue weighted by Gasteiger charge is -2.51. The molecule has 4 nitrogen and oxygen atoms in total. The number of fused-ring (bicyclic) bond motifs is 1. The maximum Gasteiger partial charge on any atom is 0.243 e. The van der Waals surface area contributed by atoms with E-state index in [1.165, 1.54) is 0 Å². The molecular weight excluding hydrogens is 264 g/mol. The molecule has 1 unspecified atom stereocenters. The van der Waals surface area contributed by atoms with E-state index in [1.807, 2.05) is 25.7 Å². The summed E-state index contributed by atoms with van der Waals surface area (Å²) in [6.07, 6.45) is 8.72. The largest absolute Gasteiger partial charge is 0.350 e. The number of rotatable bonds is 5. The molecule has 1 heterocycles. The molecule has 2 amide bonds. The fourth-order valence-electron chi connectivity index (χ4n) is 3.28. The van der Waals surface area contributed by atoms with Gasteiger partial charge < -0.3 is 10.2 Å². The van der Waals surface area contributed by atoms with Crippen LogP contribution in [-0.4, -0.2) is 34.3 Å². The van der Waals surface area contributed by atoms with Crippen LogP contribution in [0.1, 0.15) is 59.8 Å². The van der Waals surface area contributed by atoms with Gasteiger partial charge in [-0.05, 0) is 40.0 Å². The van der Waals surface area contributed by atoms with Crippen molar-refractivity contribution in [3.05, 3.63) is 12.2 Å². The van der Waals surface area contributed by atoms with Gasteiger partial charge in [-0.1, -0.05) is 31.9 Å². The van der Waals surface area contributed by atoms with Crippen LogP contribution in [0.4, 0.5) is 0 Å². The van der Waals surface area contributed by atoms with Gasteiger partial charge in [-0.2, -0.15) is 0 Å². The van der Waals surface area contributed by atoms with Crippen LogP contribution in [0, 0.1) is 5.92 Å². The lowest BCUT2D eigenvalue weighted by atomic mass is 9.77. The Kier molecular flexibility index (Phi) is 4.74. The summed E-state index contributed by atoms with van der Waals surface area (Å²) in [5.41, 5.74) is -0.263. The molecule has 21 heavy (non-hydrogen) atoms. The molecule has 1 fully saturated rings. The quantitative estimate of drug-likeness (QED) is 0.625. The van der Waals surface area contributed by atoms with Crippen molar-refractivity contribution < 1.29 is 9.59 Å². The second kappa shape index (κ2) is 6.20. The van der Waals surface area contributed by atoms with Crippen LogP contribution in [-0.2, 0) is 9.59 Å². The molecular formula is C17H28N2O2. The first-order valence-corrected chi connectivity index (χ1v) is 8.14. The molecule has 0 spiro atoms. The Morgan fingerprint density at radius 1 is 1.38 bits per heavy atom. The first-order chi connectivity index (χ1) is 9.85. The van der Waals surface area contributed by atoms with Crippen molar-refractivity contribution >= 4 is 11.8 Å². The summed E-state index contributed by atoms with van der Waals surface area (Å²) in [5.74, 6) is 0.272.